The number of rotatable bonds is 6. The molecule has 0 saturated carbocycles. The molecule has 2 rings (SSSR count). The van der Waals surface area contributed by atoms with E-state index in [1.807, 2.05) is 24.3 Å². The fraction of sp³-hybridized carbons (Fsp3) is 0.400. The molecule has 1 aromatic heterocycles. The molecule has 0 unspecified atom stereocenters. The molecule has 1 N–H and O–H groups in total. The summed E-state index contributed by atoms with van der Waals surface area (Å²) >= 11 is 9.46. The summed E-state index contributed by atoms with van der Waals surface area (Å²) in [6.07, 6.45) is 2.63. The molecule has 0 atom stereocenters. The summed E-state index contributed by atoms with van der Waals surface area (Å²) in [5.41, 5.74) is 1.00. The van der Waals surface area contributed by atoms with Gasteiger partial charge < -0.3 is 9.67 Å². The van der Waals surface area contributed by atoms with Crippen LogP contribution in [0.15, 0.2) is 28.7 Å². The Bertz CT molecular complexity index is 638. The van der Waals surface area contributed by atoms with Crippen LogP contribution in [-0.2, 0) is 19.5 Å². The molecule has 0 aliphatic heterocycles. The Balaban J connectivity index is 2.43. The summed E-state index contributed by atoms with van der Waals surface area (Å²) in [6, 6.07) is 7.73. The molecule has 2 aromatic rings. The lowest BCUT2D eigenvalue weighted by Crippen LogP contribution is -2.09. The lowest BCUT2D eigenvalue weighted by Gasteiger charge is -2.11. The zero-order chi connectivity index (χ0) is 16.3. The first-order valence-corrected chi connectivity index (χ1v) is 7.72. The third-order valence-corrected chi connectivity index (χ3v) is 3.91. The van der Waals surface area contributed by atoms with Crippen LogP contribution in [0.25, 0.3) is 0 Å². The van der Waals surface area contributed by atoms with E-state index in [0.717, 1.165) is 22.9 Å². The molecule has 1 aromatic carbocycles. The van der Waals surface area contributed by atoms with Gasteiger partial charge in [-0.05, 0) is 24.1 Å². The number of aromatic nitrogens is 2. The van der Waals surface area contributed by atoms with Crippen molar-refractivity contribution in [1.29, 1.82) is 0 Å². The molecule has 0 aliphatic carbocycles. The number of aliphatic hydroxyl groups is 1. The van der Waals surface area contributed by atoms with Gasteiger partial charge in [0.1, 0.15) is 5.82 Å². The zero-order valence-corrected chi connectivity index (χ0v) is 13.6. The monoisotopic (exact) mass is 358 g/mol. The average Bonchev–Trinajstić information content (AvgIpc) is 2.74. The molecule has 0 radical (unpaired) electrons. The van der Waals surface area contributed by atoms with Crippen LogP contribution in [0.1, 0.15) is 39.6 Å². The van der Waals surface area contributed by atoms with Gasteiger partial charge in [-0.15, -0.1) is 0 Å². The molecule has 1 heterocycles. The lowest BCUT2D eigenvalue weighted by atomic mass is 10.2. The third kappa shape index (κ3) is 3.62. The van der Waals surface area contributed by atoms with Crippen LogP contribution in [-0.4, -0.2) is 14.7 Å². The van der Waals surface area contributed by atoms with Gasteiger partial charge in [0.05, 0.1) is 15.0 Å². The first-order valence-electron chi connectivity index (χ1n) is 7.55. The van der Waals surface area contributed by atoms with Gasteiger partial charge in [0, 0.05) is 17.4 Å². The van der Waals surface area contributed by atoms with Crippen molar-refractivity contribution in [3.8, 4) is 0 Å². The molecule has 108 valence electrons. The predicted molar refractivity (Wildman–Crippen MR) is 85.0 cm³/mol. The van der Waals surface area contributed by atoms with Gasteiger partial charge >= 0.3 is 0 Å². The van der Waals surface area contributed by atoms with Gasteiger partial charge in [0.15, 0.2) is 5.15 Å². The predicted octanol–water partition coefficient (Wildman–Crippen LogP) is 4.18. The van der Waals surface area contributed by atoms with Gasteiger partial charge in [0.2, 0.25) is 0 Å². The van der Waals surface area contributed by atoms with Crippen LogP contribution in [0.4, 0.5) is 0 Å². The highest BCUT2D eigenvalue weighted by Gasteiger charge is 2.15. The fourth-order valence-electron chi connectivity index (χ4n) is 2.04. The van der Waals surface area contributed by atoms with Crippen LogP contribution in [0.2, 0.25) is 5.15 Å². The van der Waals surface area contributed by atoms with Gasteiger partial charge in [-0.25, -0.2) is 4.98 Å². The molecule has 0 spiro atoms. The highest BCUT2D eigenvalue weighted by atomic mass is 79.9. The van der Waals surface area contributed by atoms with Gasteiger partial charge in [-0.2, -0.15) is 0 Å². The van der Waals surface area contributed by atoms with Crippen molar-refractivity contribution < 1.29 is 7.85 Å². The van der Waals surface area contributed by atoms with Crippen molar-refractivity contribution in [1.82, 2.24) is 9.55 Å². The van der Waals surface area contributed by atoms with Crippen molar-refractivity contribution in [2.45, 2.75) is 39.3 Å². The first-order chi connectivity index (χ1) is 10.3. The van der Waals surface area contributed by atoms with Crippen LogP contribution in [0, 0.1) is 0 Å². The molecule has 5 heteroatoms. The second-order valence-corrected chi connectivity index (χ2v) is 5.87. The SMILES string of the molecule is [2H]C([2H])(O)c1c(Cl)nc(CCCC)n1Cc1ccc(Br)cc1. The number of halogens is 2. The van der Waals surface area contributed by atoms with E-state index in [-0.39, 0.29) is 10.8 Å². The molecule has 0 amide bonds. The number of imidazole rings is 1. The molecular weight excluding hydrogens is 340 g/mol. The van der Waals surface area contributed by atoms with E-state index in [1.165, 1.54) is 0 Å². The average molecular weight is 360 g/mol. The van der Waals surface area contributed by atoms with E-state index in [1.54, 1.807) is 4.57 Å². The van der Waals surface area contributed by atoms with Crippen molar-refractivity contribution in [2.75, 3.05) is 0 Å². The van der Waals surface area contributed by atoms with Crippen LogP contribution in [0.5, 0.6) is 0 Å². The van der Waals surface area contributed by atoms with E-state index in [9.17, 15) is 5.11 Å². The summed E-state index contributed by atoms with van der Waals surface area (Å²) in [5.74, 6) is 0.697. The Kier molecular flexibility index (Phi) is 4.66. The number of nitrogens with zero attached hydrogens (tertiary/aromatic N) is 2. The quantitative estimate of drug-likeness (QED) is 0.840. The minimum Gasteiger partial charge on any atom is -0.390 e. The summed E-state index contributed by atoms with van der Waals surface area (Å²) in [5, 5.41) is 9.82. The molecule has 0 aliphatic rings. The molecule has 0 saturated heterocycles. The number of hydrogen-bond acceptors (Lipinski definition) is 2. The Morgan fingerprint density at radius 1 is 1.40 bits per heavy atom. The van der Waals surface area contributed by atoms with E-state index >= 15 is 0 Å². The topological polar surface area (TPSA) is 38.1 Å². The first kappa shape index (κ1) is 12.9. The minimum atomic E-state index is -2.52. The highest BCUT2D eigenvalue weighted by Crippen LogP contribution is 2.21. The largest absolute Gasteiger partial charge is 0.390 e. The normalized spacial score (nSPS) is 13.2. The van der Waals surface area contributed by atoms with Crippen LogP contribution in [0.3, 0.4) is 0 Å². The standard InChI is InChI=1S/C15H18BrClN2O/c1-2-3-4-14-18-15(17)13(10-20)19(14)9-11-5-7-12(16)8-6-11/h5-8,20H,2-4,9-10H2,1H3/i10D2. The van der Waals surface area contributed by atoms with Gasteiger partial charge in [0.25, 0.3) is 0 Å². The Hall–Kier alpha value is -0.840. The Labute approximate surface area is 135 Å². The second kappa shape index (κ2) is 7.25. The zero-order valence-electron chi connectivity index (χ0n) is 13.2. The van der Waals surface area contributed by atoms with Gasteiger partial charge in [-0.1, -0.05) is 53.0 Å². The van der Waals surface area contributed by atoms with Crippen molar-refractivity contribution >= 4 is 27.5 Å². The lowest BCUT2D eigenvalue weighted by molar-refractivity contribution is 0.271. The smallest absolute Gasteiger partial charge is 0.152 e. The molecule has 20 heavy (non-hydrogen) atoms. The maximum Gasteiger partial charge on any atom is 0.152 e. The summed E-state index contributed by atoms with van der Waals surface area (Å²) in [7, 11) is 0. The number of hydrogen-bond donors (Lipinski definition) is 1. The molecular formula is C15H18BrClN2O. The maximum atomic E-state index is 9.79. The summed E-state index contributed by atoms with van der Waals surface area (Å²) in [4.78, 5) is 4.25. The van der Waals surface area contributed by atoms with Crippen molar-refractivity contribution in [3.63, 3.8) is 0 Å². The summed E-state index contributed by atoms with van der Waals surface area (Å²) < 4.78 is 17.9. The van der Waals surface area contributed by atoms with E-state index in [0.29, 0.717) is 18.8 Å². The minimum absolute atomic E-state index is 0.0168. The van der Waals surface area contributed by atoms with Crippen molar-refractivity contribution in [2.24, 2.45) is 0 Å². The molecule has 0 fully saturated rings. The fourth-order valence-corrected chi connectivity index (χ4v) is 2.55. The maximum absolute atomic E-state index is 9.79. The second-order valence-electron chi connectivity index (χ2n) is 4.60. The van der Waals surface area contributed by atoms with E-state index in [2.05, 4.69) is 27.8 Å². The number of unbranched alkanes of at least 4 members (excludes halogenated alkanes) is 1. The number of aryl methyl sites for hydroxylation is 1. The Morgan fingerprint density at radius 3 is 2.70 bits per heavy atom. The van der Waals surface area contributed by atoms with E-state index < -0.39 is 6.56 Å². The van der Waals surface area contributed by atoms with Crippen LogP contribution < -0.4 is 0 Å². The van der Waals surface area contributed by atoms with Crippen LogP contribution >= 0.6 is 27.5 Å². The molecule has 0 bridgehead atoms. The Morgan fingerprint density at radius 2 is 2.10 bits per heavy atom. The van der Waals surface area contributed by atoms with Crippen molar-refractivity contribution in [3.05, 3.63) is 51.0 Å². The highest BCUT2D eigenvalue weighted by molar-refractivity contribution is 9.10. The summed E-state index contributed by atoms with van der Waals surface area (Å²) in [6.45, 7) is -0.0266. The van der Waals surface area contributed by atoms with Gasteiger partial charge in [-0.3, -0.25) is 0 Å². The molecule has 3 nitrogen and oxygen atoms in total. The number of benzene rings is 1. The third-order valence-electron chi connectivity index (χ3n) is 3.12. The van der Waals surface area contributed by atoms with E-state index in [4.69, 9.17) is 14.3 Å².